The van der Waals surface area contributed by atoms with Gasteiger partial charge in [0.2, 0.25) is 5.88 Å². The molecule has 8 heteroatoms. The number of amides is 2. The fourth-order valence-electron chi connectivity index (χ4n) is 1.88. The number of carbonyl (C=O) groups is 1. The number of hydrogen-bond donors (Lipinski definition) is 2. The van der Waals surface area contributed by atoms with Crippen molar-refractivity contribution < 1.29 is 17.9 Å². The third-order valence-corrected chi connectivity index (χ3v) is 4.15. The SMILES string of the molecule is COc1ncccc1CNC(=O)Nc1ccc(S(C)(=O)=O)cc1. The Bertz CT molecular complexity index is 789. The molecule has 0 spiro atoms. The van der Waals surface area contributed by atoms with Crippen LogP contribution in [0.4, 0.5) is 10.5 Å². The largest absolute Gasteiger partial charge is 0.481 e. The summed E-state index contributed by atoms with van der Waals surface area (Å²) in [4.78, 5) is 16.1. The predicted octanol–water partition coefficient (Wildman–Crippen LogP) is 1.82. The Labute approximate surface area is 134 Å². The normalized spacial score (nSPS) is 10.9. The number of urea groups is 1. The van der Waals surface area contributed by atoms with Crippen molar-refractivity contribution in [2.45, 2.75) is 11.4 Å². The number of anilines is 1. The summed E-state index contributed by atoms with van der Waals surface area (Å²) in [5.41, 5.74) is 1.24. The van der Waals surface area contributed by atoms with E-state index in [1.807, 2.05) is 0 Å². The first kappa shape index (κ1) is 16.8. The van der Waals surface area contributed by atoms with E-state index in [1.165, 1.54) is 31.4 Å². The Morgan fingerprint density at radius 1 is 1.22 bits per heavy atom. The van der Waals surface area contributed by atoms with Gasteiger partial charge in [-0.05, 0) is 30.3 Å². The van der Waals surface area contributed by atoms with Gasteiger partial charge in [0.15, 0.2) is 9.84 Å². The van der Waals surface area contributed by atoms with Crippen LogP contribution in [0.5, 0.6) is 5.88 Å². The van der Waals surface area contributed by atoms with Crippen LogP contribution in [0.25, 0.3) is 0 Å². The molecule has 2 aromatic rings. The van der Waals surface area contributed by atoms with Crippen molar-refractivity contribution in [3.05, 3.63) is 48.2 Å². The molecule has 23 heavy (non-hydrogen) atoms. The number of hydrogen-bond acceptors (Lipinski definition) is 5. The number of nitrogens with zero attached hydrogens (tertiary/aromatic N) is 1. The number of nitrogens with one attached hydrogen (secondary N) is 2. The number of sulfone groups is 1. The fourth-order valence-corrected chi connectivity index (χ4v) is 2.51. The predicted molar refractivity (Wildman–Crippen MR) is 86.2 cm³/mol. The molecule has 2 amide bonds. The third kappa shape index (κ3) is 4.68. The van der Waals surface area contributed by atoms with Crippen molar-refractivity contribution in [2.24, 2.45) is 0 Å². The van der Waals surface area contributed by atoms with Crippen molar-refractivity contribution in [1.29, 1.82) is 0 Å². The molecule has 0 aliphatic heterocycles. The molecule has 0 saturated heterocycles. The first-order valence-electron chi connectivity index (χ1n) is 6.73. The minimum atomic E-state index is -3.25. The van der Waals surface area contributed by atoms with Gasteiger partial charge in [0.05, 0.1) is 12.0 Å². The van der Waals surface area contributed by atoms with Gasteiger partial charge in [-0.1, -0.05) is 6.07 Å². The highest BCUT2D eigenvalue weighted by molar-refractivity contribution is 7.90. The molecule has 0 radical (unpaired) electrons. The number of aromatic nitrogens is 1. The van der Waals surface area contributed by atoms with Gasteiger partial charge in [-0.3, -0.25) is 0 Å². The van der Waals surface area contributed by atoms with E-state index < -0.39 is 15.9 Å². The number of ether oxygens (including phenoxy) is 1. The molecule has 1 aromatic carbocycles. The van der Waals surface area contributed by atoms with Crippen molar-refractivity contribution in [3.63, 3.8) is 0 Å². The summed E-state index contributed by atoms with van der Waals surface area (Å²) in [7, 11) is -1.74. The fraction of sp³-hybridized carbons (Fsp3) is 0.200. The summed E-state index contributed by atoms with van der Waals surface area (Å²) in [5.74, 6) is 0.449. The van der Waals surface area contributed by atoms with Gasteiger partial charge in [-0.2, -0.15) is 0 Å². The first-order chi connectivity index (χ1) is 10.9. The lowest BCUT2D eigenvalue weighted by molar-refractivity contribution is 0.251. The Morgan fingerprint density at radius 2 is 1.91 bits per heavy atom. The lowest BCUT2D eigenvalue weighted by Gasteiger charge is -2.10. The van der Waals surface area contributed by atoms with Crippen LogP contribution in [0, 0.1) is 0 Å². The highest BCUT2D eigenvalue weighted by Gasteiger charge is 2.08. The van der Waals surface area contributed by atoms with E-state index in [1.54, 1.807) is 18.3 Å². The summed E-state index contributed by atoms with van der Waals surface area (Å²) in [6.07, 6.45) is 2.73. The van der Waals surface area contributed by atoms with Gasteiger partial charge < -0.3 is 15.4 Å². The molecule has 122 valence electrons. The van der Waals surface area contributed by atoms with Gasteiger partial charge >= 0.3 is 6.03 Å². The van der Waals surface area contributed by atoms with Gasteiger partial charge in [-0.15, -0.1) is 0 Å². The van der Waals surface area contributed by atoms with Crippen LogP contribution >= 0.6 is 0 Å². The van der Waals surface area contributed by atoms with Crippen LogP contribution in [0.3, 0.4) is 0 Å². The van der Waals surface area contributed by atoms with Crippen molar-refractivity contribution in [3.8, 4) is 5.88 Å². The Balaban J connectivity index is 1.95. The molecule has 0 aliphatic rings. The molecule has 0 atom stereocenters. The van der Waals surface area contributed by atoms with E-state index in [0.717, 1.165) is 11.8 Å². The van der Waals surface area contributed by atoms with E-state index in [4.69, 9.17) is 4.74 Å². The van der Waals surface area contributed by atoms with Gasteiger partial charge in [0.1, 0.15) is 0 Å². The maximum atomic E-state index is 11.9. The van der Waals surface area contributed by atoms with Crippen LogP contribution in [-0.2, 0) is 16.4 Å². The van der Waals surface area contributed by atoms with Gasteiger partial charge in [0, 0.05) is 30.2 Å². The number of carbonyl (C=O) groups excluding carboxylic acids is 1. The summed E-state index contributed by atoms with van der Waals surface area (Å²) >= 11 is 0. The average molecular weight is 335 g/mol. The molecule has 0 aliphatic carbocycles. The van der Waals surface area contributed by atoms with E-state index in [-0.39, 0.29) is 11.4 Å². The maximum absolute atomic E-state index is 11.9. The second-order valence-corrected chi connectivity index (χ2v) is 6.79. The van der Waals surface area contributed by atoms with E-state index >= 15 is 0 Å². The second-order valence-electron chi connectivity index (χ2n) is 4.78. The van der Waals surface area contributed by atoms with E-state index in [2.05, 4.69) is 15.6 Å². The van der Waals surface area contributed by atoms with Crippen LogP contribution < -0.4 is 15.4 Å². The summed E-state index contributed by atoms with van der Waals surface area (Å²) in [5, 5.41) is 5.30. The van der Waals surface area contributed by atoms with Crippen molar-refractivity contribution >= 4 is 21.6 Å². The summed E-state index contributed by atoms with van der Waals surface area (Å²) in [6, 6.07) is 9.07. The van der Waals surface area contributed by atoms with Crippen LogP contribution in [-0.4, -0.2) is 32.8 Å². The molecular weight excluding hydrogens is 318 g/mol. The molecule has 1 aromatic heterocycles. The summed E-state index contributed by atoms with van der Waals surface area (Å²) < 4.78 is 27.8. The maximum Gasteiger partial charge on any atom is 0.319 e. The summed E-state index contributed by atoms with van der Waals surface area (Å²) in [6.45, 7) is 0.254. The molecular formula is C15H17N3O4S. The lowest BCUT2D eigenvalue weighted by Crippen LogP contribution is -2.28. The number of pyridine rings is 1. The van der Waals surface area contributed by atoms with Crippen LogP contribution in [0.2, 0.25) is 0 Å². The minimum absolute atomic E-state index is 0.198. The van der Waals surface area contributed by atoms with E-state index in [0.29, 0.717) is 11.6 Å². The molecule has 0 saturated carbocycles. The van der Waals surface area contributed by atoms with Crippen molar-refractivity contribution in [2.75, 3.05) is 18.7 Å². The quantitative estimate of drug-likeness (QED) is 0.868. The average Bonchev–Trinajstić information content (AvgIpc) is 2.53. The molecule has 0 fully saturated rings. The molecule has 2 N–H and O–H groups in total. The highest BCUT2D eigenvalue weighted by Crippen LogP contribution is 2.15. The molecule has 0 unspecified atom stereocenters. The molecule has 1 heterocycles. The Morgan fingerprint density at radius 3 is 2.52 bits per heavy atom. The van der Waals surface area contributed by atoms with Gasteiger partial charge in [-0.25, -0.2) is 18.2 Å². The first-order valence-corrected chi connectivity index (χ1v) is 8.62. The lowest BCUT2D eigenvalue weighted by atomic mass is 10.2. The Kier molecular flexibility index (Phi) is 5.17. The number of rotatable bonds is 5. The topological polar surface area (TPSA) is 97.4 Å². The standard InChI is InChI=1S/C15H17N3O4S/c1-22-14-11(4-3-9-16-14)10-17-15(19)18-12-5-7-13(8-6-12)23(2,20)21/h3-9H,10H2,1-2H3,(H2,17,18,19). The van der Waals surface area contributed by atoms with Crippen LogP contribution in [0.1, 0.15) is 5.56 Å². The second kappa shape index (κ2) is 7.10. The highest BCUT2D eigenvalue weighted by atomic mass is 32.2. The van der Waals surface area contributed by atoms with Crippen molar-refractivity contribution in [1.82, 2.24) is 10.3 Å². The molecule has 0 bridgehead atoms. The monoisotopic (exact) mass is 335 g/mol. The Hall–Kier alpha value is -2.61. The zero-order valence-corrected chi connectivity index (χ0v) is 13.6. The van der Waals surface area contributed by atoms with Gasteiger partial charge in [0.25, 0.3) is 0 Å². The van der Waals surface area contributed by atoms with E-state index in [9.17, 15) is 13.2 Å². The minimum Gasteiger partial charge on any atom is -0.481 e. The zero-order chi connectivity index (χ0) is 16.9. The molecule has 2 rings (SSSR count). The zero-order valence-electron chi connectivity index (χ0n) is 12.7. The molecule has 7 nitrogen and oxygen atoms in total. The van der Waals surface area contributed by atoms with Crippen LogP contribution in [0.15, 0.2) is 47.5 Å². The third-order valence-electron chi connectivity index (χ3n) is 3.02. The number of methoxy groups -OCH3 is 1. The smallest absolute Gasteiger partial charge is 0.319 e. The number of benzene rings is 1.